The van der Waals surface area contributed by atoms with Crippen molar-refractivity contribution >= 4 is 23.1 Å². The number of alkyl halides is 1. The predicted octanol–water partition coefficient (Wildman–Crippen LogP) is 4.86. The lowest BCUT2D eigenvalue weighted by Gasteiger charge is -2.18. The largest absolute Gasteiger partial charge is 0.340 e. The van der Waals surface area contributed by atoms with Gasteiger partial charge in [0.2, 0.25) is 0 Å². The lowest BCUT2D eigenvalue weighted by atomic mass is 9.88. The SMILES string of the molecule is CC(C)(C)c1ccc(Nc2ccc(CCl)cc2)nc1. The third kappa shape index (κ3) is 3.71. The van der Waals surface area contributed by atoms with Crippen LogP contribution in [0.1, 0.15) is 31.9 Å². The van der Waals surface area contributed by atoms with Crippen LogP contribution >= 0.6 is 11.6 Å². The molecule has 0 amide bonds. The maximum Gasteiger partial charge on any atom is 0.130 e. The van der Waals surface area contributed by atoms with E-state index in [0.29, 0.717) is 5.88 Å². The minimum absolute atomic E-state index is 0.132. The molecule has 0 atom stereocenters. The summed E-state index contributed by atoms with van der Waals surface area (Å²) in [4.78, 5) is 4.45. The maximum absolute atomic E-state index is 5.77. The van der Waals surface area contributed by atoms with Crippen LogP contribution in [-0.2, 0) is 11.3 Å². The molecule has 100 valence electrons. The molecule has 0 spiro atoms. The number of nitrogens with one attached hydrogen (secondary N) is 1. The molecule has 1 aromatic heterocycles. The summed E-state index contributed by atoms with van der Waals surface area (Å²) in [7, 11) is 0. The van der Waals surface area contributed by atoms with E-state index in [2.05, 4.69) is 37.1 Å². The second-order valence-corrected chi connectivity index (χ2v) is 5.90. The lowest BCUT2D eigenvalue weighted by Crippen LogP contribution is -2.11. The van der Waals surface area contributed by atoms with Gasteiger partial charge >= 0.3 is 0 Å². The number of rotatable bonds is 3. The predicted molar refractivity (Wildman–Crippen MR) is 82.2 cm³/mol. The Balaban J connectivity index is 2.10. The highest BCUT2D eigenvalue weighted by Gasteiger charge is 2.13. The molecule has 2 aromatic rings. The third-order valence-corrected chi connectivity index (χ3v) is 3.32. The average molecular weight is 275 g/mol. The number of aromatic nitrogens is 1. The fraction of sp³-hybridized carbons (Fsp3) is 0.312. The minimum atomic E-state index is 0.132. The first-order valence-electron chi connectivity index (χ1n) is 6.37. The molecule has 1 aromatic carbocycles. The van der Waals surface area contributed by atoms with Crippen LogP contribution in [0.15, 0.2) is 42.6 Å². The van der Waals surface area contributed by atoms with Crippen LogP contribution in [0.3, 0.4) is 0 Å². The van der Waals surface area contributed by atoms with Gasteiger partial charge in [-0.25, -0.2) is 4.98 Å². The third-order valence-electron chi connectivity index (χ3n) is 3.01. The summed E-state index contributed by atoms with van der Waals surface area (Å²) in [5, 5.41) is 3.28. The Morgan fingerprint density at radius 2 is 1.74 bits per heavy atom. The first-order valence-corrected chi connectivity index (χ1v) is 6.91. The molecule has 2 rings (SSSR count). The van der Waals surface area contributed by atoms with Crippen molar-refractivity contribution in [3.05, 3.63) is 53.7 Å². The molecule has 0 saturated carbocycles. The summed E-state index contributed by atoms with van der Waals surface area (Å²) in [5.74, 6) is 1.39. The number of anilines is 2. The Morgan fingerprint density at radius 1 is 1.05 bits per heavy atom. The van der Waals surface area contributed by atoms with E-state index in [9.17, 15) is 0 Å². The van der Waals surface area contributed by atoms with Crippen LogP contribution in [0.2, 0.25) is 0 Å². The van der Waals surface area contributed by atoms with Gasteiger partial charge in [-0.2, -0.15) is 0 Å². The number of benzene rings is 1. The van der Waals surface area contributed by atoms with Crippen LogP contribution in [0.4, 0.5) is 11.5 Å². The zero-order chi connectivity index (χ0) is 13.9. The molecule has 19 heavy (non-hydrogen) atoms. The quantitative estimate of drug-likeness (QED) is 0.809. The molecule has 0 saturated heterocycles. The summed E-state index contributed by atoms with van der Waals surface area (Å²) in [6.07, 6.45) is 1.93. The van der Waals surface area contributed by atoms with E-state index in [1.807, 2.05) is 36.5 Å². The normalized spacial score (nSPS) is 11.4. The molecule has 0 unspecified atom stereocenters. The van der Waals surface area contributed by atoms with Crippen molar-refractivity contribution in [1.82, 2.24) is 4.98 Å². The maximum atomic E-state index is 5.77. The highest BCUT2D eigenvalue weighted by molar-refractivity contribution is 6.17. The van der Waals surface area contributed by atoms with E-state index in [-0.39, 0.29) is 5.41 Å². The molecule has 0 radical (unpaired) electrons. The van der Waals surface area contributed by atoms with E-state index >= 15 is 0 Å². The number of halogens is 1. The summed E-state index contributed by atoms with van der Waals surface area (Å²) >= 11 is 5.77. The number of nitrogens with zero attached hydrogens (tertiary/aromatic N) is 1. The minimum Gasteiger partial charge on any atom is -0.340 e. The Kier molecular flexibility index (Phi) is 4.11. The molecule has 0 aliphatic rings. The van der Waals surface area contributed by atoms with Gasteiger partial charge in [-0.3, -0.25) is 0 Å². The lowest BCUT2D eigenvalue weighted by molar-refractivity contribution is 0.587. The van der Waals surface area contributed by atoms with E-state index < -0.39 is 0 Å². The number of hydrogen-bond donors (Lipinski definition) is 1. The molecule has 0 fully saturated rings. The van der Waals surface area contributed by atoms with Gasteiger partial charge in [-0.05, 0) is 34.7 Å². The number of pyridine rings is 1. The Bertz CT molecular complexity index is 524. The molecule has 0 bridgehead atoms. The van der Waals surface area contributed by atoms with Gasteiger partial charge in [0.15, 0.2) is 0 Å². The fourth-order valence-electron chi connectivity index (χ4n) is 1.74. The van der Waals surface area contributed by atoms with Crippen molar-refractivity contribution in [2.24, 2.45) is 0 Å². The van der Waals surface area contributed by atoms with Crippen molar-refractivity contribution in [1.29, 1.82) is 0 Å². The highest BCUT2D eigenvalue weighted by atomic mass is 35.5. The van der Waals surface area contributed by atoms with Crippen LogP contribution in [-0.4, -0.2) is 4.98 Å². The second kappa shape index (κ2) is 5.62. The van der Waals surface area contributed by atoms with E-state index in [1.165, 1.54) is 5.56 Å². The van der Waals surface area contributed by atoms with Gasteiger partial charge in [0, 0.05) is 17.8 Å². The standard InChI is InChI=1S/C16H19ClN2/c1-16(2,3)13-6-9-15(18-11-13)19-14-7-4-12(10-17)5-8-14/h4-9,11H,10H2,1-3H3,(H,18,19). The molecule has 1 N–H and O–H groups in total. The van der Waals surface area contributed by atoms with Crippen molar-refractivity contribution in [2.45, 2.75) is 32.1 Å². The Labute approximate surface area is 119 Å². The van der Waals surface area contributed by atoms with Gasteiger partial charge < -0.3 is 5.32 Å². The van der Waals surface area contributed by atoms with E-state index in [1.54, 1.807) is 0 Å². The monoisotopic (exact) mass is 274 g/mol. The van der Waals surface area contributed by atoms with Crippen LogP contribution in [0.25, 0.3) is 0 Å². The van der Waals surface area contributed by atoms with E-state index in [4.69, 9.17) is 11.6 Å². The summed E-state index contributed by atoms with van der Waals surface area (Å²) in [6, 6.07) is 12.2. The molecule has 2 nitrogen and oxygen atoms in total. The summed E-state index contributed by atoms with van der Waals surface area (Å²) < 4.78 is 0. The first-order chi connectivity index (χ1) is 8.99. The Hall–Kier alpha value is -1.54. The van der Waals surface area contributed by atoms with Crippen molar-refractivity contribution in [3.8, 4) is 0 Å². The zero-order valence-corrected chi connectivity index (χ0v) is 12.3. The Morgan fingerprint density at radius 3 is 2.21 bits per heavy atom. The topological polar surface area (TPSA) is 24.9 Å². The molecule has 3 heteroatoms. The van der Waals surface area contributed by atoms with Gasteiger partial charge in [-0.15, -0.1) is 11.6 Å². The van der Waals surface area contributed by atoms with Gasteiger partial charge in [0.1, 0.15) is 5.82 Å². The van der Waals surface area contributed by atoms with Gasteiger partial charge in [-0.1, -0.05) is 39.0 Å². The van der Waals surface area contributed by atoms with Crippen molar-refractivity contribution in [3.63, 3.8) is 0 Å². The fourth-order valence-corrected chi connectivity index (χ4v) is 1.91. The summed E-state index contributed by atoms with van der Waals surface area (Å²) in [5.41, 5.74) is 3.50. The average Bonchev–Trinajstić information content (AvgIpc) is 2.39. The van der Waals surface area contributed by atoms with Crippen molar-refractivity contribution < 1.29 is 0 Å². The van der Waals surface area contributed by atoms with Crippen LogP contribution in [0.5, 0.6) is 0 Å². The zero-order valence-electron chi connectivity index (χ0n) is 11.6. The van der Waals surface area contributed by atoms with Crippen LogP contribution < -0.4 is 5.32 Å². The molecule has 0 aliphatic heterocycles. The molecule has 0 aliphatic carbocycles. The van der Waals surface area contributed by atoms with Crippen LogP contribution in [0, 0.1) is 0 Å². The van der Waals surface area contributed by atoms with Gasteiger partial charge in [0.25, 0.3) is 0 Å². The first kappa shape index (κ1) is 13.9. The number of hydrogen-bond acceptors (Lipinski definition) is 2. The molecular weight excluding hydrogens is 256 g/mol. The highest BCUT2D eigenvalue weighted by Crippen LogP contribution is 2.23. The smallest absolute Gasteiger partial charge is 0.130 e. The molecular formula is C16H19ClN2. The summed E-state index contributed by atoms with van der Waals surface area (Å²) in [6.45, 7) is 6.55. The van der Waals surface area contributed by atoms with Gasteiger partial charge in [0.05, 0.1) is 0 Å². The van der Waals surface area contributed by atoms with Crippen molar-refractivity contribution in [2.75, 3.05) is 5.32 Å². The molecule has 1 heterocycles. The second-order valence-electron chi connectivity index (χ2n) is 5.64. The van der Waals surface area contributed by atoms with E-state index in [0.717, 1.165) is 17.1 Å².